The van der Waals surface area contributed by atoms with Gasteiger partial charge in [-0.1, -0.05) is 47.5 Å². The third kappa shape index (κ3) is 5.17. The third-order valence-corrected chi connectivity index (χ3v) is 6.88. The van der Waals surface area contributed by atoms with E-state index in [9.17, 15) is 18.0 Å². The highest BCUT2D eigenvalue weighted by Crippen LogP contribution is 2.22. The monoisotopic (exact) mass is 451 g/mol. The van der Waals surface area contributed by atoms with Crippen molar-refractivity contribution >= 4 is 33.4 Å². The van der Waals surface area contributed by atoms with E-state index in [1.165, 1.54) is 16.4 Å². The Morgan fingerprint density at radius 3 is 2.47 bits per heavy atom. The fourth-order valence-electron chi connectivity index (χ4n) is 2.95. The van der Waals surface area contributed by atoms with Crippen LogP contribution in [-0.2, 0) is 30.9 Å². The van der Waals surface area contributed by atoms with E-state index in [-0.39, 0.29) is 31.1 Å². The second-order valence-electron chi connectivity index (χ2n) is 6.74. The lowest BCUT2D eigenvalue weighted by atomic mass is 10.2. The first-order valence-electron chi connectivity index (χ1n) is 9.28. The van der Waals surface area contributed by atoms with Gasteiger partial charge in [-0.05, 0) is 30.7 Å². The topological polar surface area (TPSA) is 105 Å². The van der Waals surface area contributed by atoms with E-state index in [2.05, 4.69) is 10.6 Å². The highest BCUT2D eigenvalue weighted by molar-refractivity contribution is 7.89. The van der Waals surface area contributed by atoms with Gasteiger partial charge in [0.25, 0.3) is 0 Å². The minimum atomic E-state index is -3.78. The van der Waals surface area contributed by atoms with Crippen molar-refractivity contribution in [3.63, 3.8) is 0 Å². The zero-order valence-corrected chi connectivity index (χ0v) is 17.9. The number of nitrogens with one attached hydrogen (secondary N) is 2. The van der Waals surface area contributed by atoms with Crippen molar-refractivity contribution in [3.8, 4) is 0 Å². The molecule has 8 nitrogen and oxygen atoms in total. The maximum Gasteiger partial charge on any atom is 0.309 e. The molecular weight excluding hydrogens is 430 g/mol. The van der Waals surface area contributed by atoms with Crippen LogP contribution in [0.25, 0.3) is 0 Å². The summed E-state index contributed by atoms with van der Waals surface area (Å²) in [7, 11) is -3.78. The van der Waals surface area contributed by atoms with Crippen molar-refractivity contribution in [1.82, 2.24) is 14.9 Å². The molecule has 0 unspecified atom stereocenters. The standard InChI is InChI=1S/C20H22ClN3O5S/c1-14-6-8-16(9-7-14)30(27,28)24-10-11-29-18(24)13-23-20(26)19(25)22-12-15-4-2-3-5-17(15)21/h2-9,18H,10-13H2,1H3,(H,22,25)(H,23,26)/t18-/m1/s1. The average molecular weight is 452 g/mol. The van der Waals surface area contributed by atoms with Crippen molar-refractivity contribution in [3.05, 3.63) is 64.7 Å². The Morgan fingerprint density at radius 1 is 1.10 bits per heavy atom. The van der Waals surface area contributed by atoms with Crippen molar-refractivity contribution in [2.45, 2.75) is 24.6 Å². The molecule has 160 valence electrons. The van der Waals surface area contributed by atoms with Gasteiger partial charge in [0, 0.05) is 18.1 Å². The Labute approximate surface area is 180 Å². The van der Waals surface area contributed by atoms with Crippen LogP contribution in [-0.4, -0.2) is 50.5 Å². The summed E-state index contributed by atoms with van der Waals surface area (Å²) in [5, 5.41) is 5.38. The molecule has 2 aromatic carbocycles. The molecule has 0 bridgehead atoms. The van der Waals surface area contributed by atoms with E-state index in [0.717, 1.165) is 5.56 Å². The number of halogens is 1. The molecule has 1 saturated heterocycles. The largest absolute Gasteiger partial charge is 0.359 e. The number of hydrogen-bond acceptors (Lipinski definition) is 5. The number of ether oxygens (including phenoxy) is 1. The molecule has 30 heavy (non-hydrogen) atoms. The van der Waals surface area contributed by atoms with Gasteiger partial charge in [-0.15, -0.1) is 0 Å². The Balaban J connectivity index is 1.56. The van der Waals surface area contributed by atoms with Crippen LogP contribution < -0.4 is 10.6 Å². The number of rotatable bonds is 6. The second-order valence-corrected chi connectivity index (χ2v) is 9.04. The maximum absolute atomic E-state index is 12.9. The van der Waals surface area contributed by atoms with Crippen molar-refractivity contribution in [2.75, 3.05) is 19.7 Å². The predicted octanol–water partition coefficient (Wildman–Crippen LogP) is 1.43. The van der Waals surface area contributed by atoms with Gasteiger partial charge < -0.3 is 15.4 Å². The highest BCUT2D eigenvalue weighted by atomic mass is 35.5. The van der Waals surface area contributed by atoms with Crippen LogP contribution in [0, 0.1) is 6.92 Å². The summed E-state index contributed by atoms with van der Waals surface area (Å²) in [6.07, 6.45) is -0.892. The van der Waals surface area contributed by atoms with E-state index >= 15 is 0 Å². The van der Waals surface area contributed by atoms with Gasteiger partial charge in [0.15, 0.2) is 0 Å². The molecule has 1 aliphatic rings. The van der Waals surface area contributed by atoms with Gasteiger partial charge in [-0.3, -0.25) is 9.59 Å². The van der Waals surface area contributed by atoms with Crippen molar-refractivity contribution < 1.29 is 22.7 Å². The number of hydrogen-bond donors (Lipinski definition) is 2. The number of nitrogens with zero attached hydrogens (tertiary/aromatic N) is 1. The van der Waals surface area contributed by atoms with Crippen LogP contribution in [0.1, 0.15) is 11.1 Å². The Bertz CT molecular complexity index is 1030. The van der Waals surface area contributed by atoms with Gasteiger partial charge in [-0.25, -0.2) is 8.42 Å². The molecule has 0 aromatic heterocycles. The molecule has 2 aromatic rings. The number of carbonyl (C=O) groups is 2. The van der Waals surface area contributed by atoms with Crippen LogP contribution in [0.5, 0.6) is 0 Å². The molecule has 0 aliphatic carbocycles. The van der Waals surface area contributed by atoms with Crippen LogP contribution in [0.3, 0.4) is 0 Å². The normalized spacial score (nSPS) is 16.9. The summed E-state index contributed by atoms with van der Waals surface area (Å²) >= 11 is 6.02. The second kappa shape index (κ2) is 9.57. The van der Waals surface area contributed by atoms with Crippen LogP contribution in [0.4, 0.5) is 0 Å². The van der Waals surface area contributed by atoms with Gasteiger partial charge >= 0.3 is 11.8 Å². The number of carbonyl (C=O) groups excluding carboxylic acids is 2. The molecular formula is C20H22ClN3O5S. The Kier molecular flexibility index (Phi) is 7.09. The summed E-state index contributed by atoms with van der Waals surface area (Å²) < 4.78 is 32.4. The first-order chi connectivity index (χ1) is 14.3. The van der Waals surface area contributed by atoms with Crippen LogP contribution >= 0.6 is 11.6 Å². The minimum absolute atomic E-state index is 0.0970. The van der Waals surface area contributed by atoms with Crippen molar-refractivity contribution in [2.24, 2.45) is 0 Å². The summed E-state index contributed by atoms with van der Waals surface area (Å²) in [6.45, 7) is 2.17. The molecule has 0 radical (unpaired) electrons. The van der Waals surface area contributed by atoms with Gasteiger partial charge in [0.2, 0.25) is 10.0 Å². The first kappa shape index (κ1) is 22.2. The van der Waals surface area contributed by atoms with Crippen molar-refractivity contribution in [1.29, 1.82) is 0 Å². The van der Waals surface area contributed by atoms with E-state index < -0.39 is 28.1 Å². The van der Waals surface area contributed by atoms with Crippen LogP contribution in [0.2, 0.25) is 5.02 Å². The Hall–Kier alpha value is -2.46. The van der Waals surface area contributed by atoms with E-state index in [0.29, 0.717) is 10.6 Å². The quantitative estimate of drug-likeness (QED) is 0.646. The predicted molar refractivity (Wildman–Crippen MR) is 111 cm³/mol. The summed E-state index contributed by atoms with van der Waals surface area (Å²) in [4.78, 5) is 24.3. The van der Waals surface area contributed by atoms with Gasteiger partial charge in [0.1, 0.15) is 6.23 Å². The SMILES string of the molecule is Cc1ccc(S(=O)(=O)N2CCO[C@@H]2CNC(=O)C(=O)NCc2ccccc2Cl)cc1. The lowest BCUT2D eigenvalue weighted by Gasteiger charge is -2.22. The number of aryl methyl sites for hydroxylation is 1. The van der Waals surface area contributed by atoms with E-state index in [1.807, 2.05) is 6.92 Å². The lowest BCUT2D eigenvalue weighted by molar-refractivity contribution is -0.139. The highest BCUT2D eigenvalue weighted by Gasteiger charge is 2.36. The van der Waals surface area contributed by atoms with E-state index in [1.54, 1.807) is 36.4 Å². The Morgan fingerprint density at radius 2 is 1.77 bits per heavy atom. The number of sulfonamides is 1. The molecule has 10 heteroatoms. The van der Waals surface area contributed by atoms with Gasteiger partial charge in [0.05, 0.1) is 18.0 Å². The fourth-order valence-corrected chi connectivity index (χ4v) is 4.66. The zero-order chi connectivity index (χ0) is 21.7. The molecule has 0 saturated carbocycles. The molecule has 1 atom stereocenters. The number of amides is 2. The summed E-state index contributed by atoms with van der Waals surface area (Å²) in [6, 6.07) is 13.4. The average Bonchev–Trinajstić information content (AvgIpc) is 3.21. The fraction of sp³-hybridized carbons (Fsp3) is 0.300. The summed E-state index contributed by atoms with van der Waals surface area (Å²) in [5.74, 6) is -1.73. The molecule has 1 fully saturated rings. The third-order valence-electron chi connectivity index (χ3n) is 4.61. The van der Waals surface area contributed by atoms with E-state index in [4.69, 9.17) is 16.3 Å². The zero-order valence-electron chi connectivity index (χ0n) is 16.3. The molecule has 3 rings (SSSR count). The minimum Gasteiger partial charge on any atom is -0.359 e. The molecule has 1 aliphatic heterocycles. The first-order valence-corrected chi connectivity index (χ1v) is 11.1. The molecule has 2 amide bonds. The molecule has 1 heterocycles. The smallest absolute Gasteiger partial charge is 0.309 e. The van der Waals surface area contributed by atoms with Crippen LogP contribution in [0.15, 0.2) is 53.4 Å². The molecule has 2 N–H and O–H groups in total. The lowest BCUT2D eigenvalue weighted by Crippen LogP contribution is -2.47. The van der Waals surface area contributed by atoms with Gasteiger partial charge in [-0.2, -0.15) is 4.31 Å². The maximum atomic E-state index is 12.9. The number of benzene rings is 2. The molecule has 0 spiro atoms. The summed E-state index contributed by atoms with van der Waals surface area (Å²) in [5.41, 5.74) is 1.62.